The Kier molecular flexibility index (Phi) is 7.02. The third kappa shape index (κ3) is 6.04. The first-order valence-electron chi connectivity index (χ1n) is 7.17. The summed E-state index contributed by atoms with van der Waals surface area (Å²) in [5.41, 5.74) is 0.979. The number of phenolic OH excluding ortho intramolecular Hbond substituents is 1. The minimum atomic E-state index is -0.469. The van der Waals surface area contributed by atoms with Gasteiger partial charge in [0.2, 0.25) is 0 Å². The molecule has 5 heteroatoms. The molecule has 1 rings (SSSR count). The molecular weight excluding hydrogens is 272 g/mol. The largest absolute Gasteiger partial charge is 0.504 e. The Morgan fingerprint density at radius 3 is 2.67 bits per heavy atom. The Balaban J connectivity index is 2.64. The lowest BCUT2D eigenvalue weighted by atomic mass is 10.0. The van der Waals surface area contributed by atoms with E-state index in [1.807, 2.05) is 6.92 Å². The third-order valence-corrected chi connectivity index (χ3v) is 3.34. The summed E-state index contributed by atoms with van der Waals surface area (Å²) in [6.07, 6.45) is 1.58. The van der Waals surface area contributed by atoms with Gasteiger partial charge in [-0.3, -0.25) is 4.79 Å². The Morgan fingerprint density at radius 2 is 2.10 bits per heavy atom. The fourth-order valence-electron chi connectivity index (χ4n) is 2.13. The predicted molar refractivity (Wildman–Crippen MR) is 79.4 cm³/mol. The van der Waals surface area contributed by atoms with Crippen LogP contribution < -0.4 is 4.74 Å². The zero-order chi connectivity index (χ0) is 15.8. The van der Waals surface area contributed by atoms with Crippen LogP contribution >= 0.6 is 0 Å². The van der Waals surface area contributed by atoms with Crippen molar-refractivity contribution in [1.29, 1.82) is 0 Å². The van der Waals surface area contributed by atoms with E-state index in [0.717, 1.165) is 5.56 Å². The third-order valence-electron chi connectivity index (χ3n) is 3.34. The normalized spacial score (nSPS) is 13.5. The molecule has 118 valence electrons. The molecule has 1 aromatic carbocycles. The number of aromatic hydroxyl groups is 1. The van der Waals surface area contributed by atoms with E-state index < -0.39 is 6.10 Å². The summed E-state index contributed by atoms with van der Waals surface area (Å²) in [5.74, 6) is 0.177. The smallest absolute Gasteiger partial charge is 0.302 e. The average molecular weight is 296 g/mol. The molecule has 0 heterocycles. The second kappa shape index (κ2) is 8.52. The number of benzene rings is 1. The maximum absolute atomic E-state index is 11.1. The van der Waals surface area contributed by atoms with Gasteiger partial charge >= 0.3 is 5.97 Å². The van der Waals surface area contributed by atoms with Crippen molar-refractivity contribution in [2.75, 3.05) is 7.11 Å². The summed E-state index contributed by atoms with van der Waals surface area (Å²) < 4.78 is 10.3. The van der Waals surface area contributed by atoms with Crippen molar-refractivity contribution >= 4 is 5.97 Å². The summed E-state index contributed by atoms with van der Waals surface area (Å²) in [5, 5.41) is 19.3. The van der Waals surface area contributed by atoms with Crippen LogP contribution in [-0.4, -0.2) is 35.5 Å². The Morgan fingerprint density at radius 1 is 1.38 bits per heavy atom. The van der Waals surface area contributed by atoms with Gasteiger partial charge in [0.1, 0.15) is 6.10 Å². The number of carbonyl (C=O) groups is 1. The molecule has 21 heavy (non-hydrogen) atoms. The van der Waals surface area contributed by atoms with Crippen molar-refractivity contribution in [3.05, 3.63) is 23.8 Å². The monoisotopic (exact) mass is 296 g/mol. The van der Waals surface area contributed by atoms with Crippen LogP contribution in [-0.2, 0) is 16.0 Å². The van der Waals surface area contributed by atoms with E-state index >= 15 is 0 Å². The molecule has 0 saturated heterocycles. The van der Waals surface area contributed by atoms with E-state index in [1.165, 1.54) is 14.0 Å². The summed E-state index contributed by atoms with van der Waals surface area (Å²) >= 11 is 0. The minimum Gasteiger partial charge on any atom is -0.504 e. The van der Waals surface area contributed by atoms with Crippen molar-refractivity contribution in [2.45, 2.75) is 51.7 Å². The van der Waals surface area contributed by atoms with Crippen molar-refractivity contribution in [2.24, 2.45) is 0 Å². The quantitative estimate of drug-likeness (QED) is 0.721. The van der Waals surface area contributed by atoms with Gasteiger partial charge in [-0.1, -0.05) is 13.0 Å². The summed E-state index contributed by atoms with van der Waals surface area (Å²) in [6.45, 7) is 3.26. The molecule has 0 fully saturated rings. The fraction of sp³-hybridized carbons (Fsp3) is 0.562. The van der Waals surface area contributed by atoms with Crippen LogP contribution in [0.1, 0.15) is 38.7 Å². The highest BCUT2D eigenvalue weighted by Gasteiger charge is 2.16. The summed E-state index contributed by atoms with van der Waals surface area (Å²) in [4.78, 5) is 11.1. The Hall–Kier alpha value is -1.75. The number of hydrogen-bond donors (Lipinski definition) is 2. The lowest BCUT2D eigenvalue weighted by Gasteiger charge is -2.19. The molecule has 0 saturated carbocycles. The standard InChI is InChI=1S/C16H24O5/c1-4-13(18)10-14(21-11(2)17)7-5-12-6-8-15(19)16(9-12)20-3/h6,8-9,13-14,18-19H,4-5,7,10H2,1-3H3/t13-,14+/m0/s1. The van der Waals surface area contributed by atoms with E-state index in [-0.39, 0.29) is 17.8 Å². The second-order valence-electron chi connectivity index (χ2n) is 5.07. The first-order chi connectivity index (χ1) is 9.96. The SMILES string of the molecule is CC[C@H](O)C[C@@H](CCc1ccc(O)c(OC)c1)OC(C)=O. The van der Waals surface area contributed by atoms with Gasteiger partial charge in [-0.15, -0.1) is 0 Å². The first-order valence-corrected chi connectivity index (χ1v) is 7.17. The van der Waals surface area contributed by atoms with Gasteiger partial charge in [-0.05, 0) is 37.0 Å². The van der Waals surface area contributed by atoms with Crippen LogP contribution in [0.4, 0.5) is 0 Å². The average Bonchev–Trinajstić information content (AvgIpc) is 2.45. The summed E-state index contributed by atoms with van der Waals surface area (Å²) in [7, 11) is 1.50. The lowest BCUT2D eigenvalue weighted by Crippen LogP contribution is -2.23. The van der Waals surface area contributed by atoms with Crippen LogP contribution in [0.2, 0.25) is 0 Å². The summed E-state index contributed by atoms with van der Waals surface area (Å²) in [6, 6.07) is 5.14. The first kappa shape index (κ1) is 17.3. The number of methoxy groups -OCH3 is 1. The molecule has 0 unspecified atom stereocenters. The zero-order valence-corrected chi connectivity index (χ0v) is 12.8. The van der Waals surface area contributed by atoms with Crippen LogP contribution in [0, 0.1) is 0 Å². The molecule has 0 aliphatic rings. The second-order valence-corrected chi connectivity index (χ2v) is 5.07. The molecule has 0 aromatic heterocycles. The number of aryl methyl sites for hydroxylation is 1. The number of aliphatic hydroxyl groups excluding tert-OH is 1. The minimum absolute atomic E-state index is 0.0965. The molecule has 0 spiro atoms. The lowest BCUT2D eigenvalue weighted by molar-refractivity contribution is -0.148. The highest BCUT2D eigenvalue weighted by atomic mass is 16.5. The van der Waals surface area contributed by atoms with Gasteiger partial charge in [0.05, 0.1) is 13.2 Å². The molecule has 0 bridgehead atoms. The number of esters is 1. The number of aliphatic hydroxyl groups is 1. The number of phenols is 1. The number of hydrogen-bond acceptors (Lipinski definition) is 5. The van der Waals surface area contributed by atoms with Crippen molar-refractivity contribution < 1.29 is 24.5 Å². The molecule has 0 aliphatic carbocycles. The van der Waals surface area contributed by atoms with Crippen molar-refractivity contribution in [3.63, 3.8) is 0 Å². The Labute approximate surface area is 125 Å². The van der Waals surface area contributed by atoms with Gasteiger partial charge in [0, 0.05) is 13.3 Å². The van der Waals surface area contributed by atoms with E-state index in [1.54, 1.807) is 18.2 Å². The van der Waals surface area contributed by atoms with E-state index in [4.69, 9.17) is 9.47 Å². The molecule has 2 atom stereocenters. The van der Waals surface area contributed by atoms with Gasteiger partial charge in [-0.2, -0.15) is 0 Å². The molecular formula is C16H24O5. The molecule has 1 aromatic rings. The van der Waals surface area contributed by atoms with Crippen molar-refractivity contribution in [1.82, 2.24) is 0 Å². The number of ether oxygens (including phenoxy) is 2. The Bertz CT molecular complexity index is 458. The van der Waals surface area contributed by atoms with E-state index in [2.05, 4.69) is 0 Å². The molecule has 5 nitrogen and oxygen atoms in total. The van der Waals surface area contributed by atoms with Crippen LogP contribution in [0.3, 0.4) is 0 Å². The van der Waals surface area contributed by atoms with Crippen molar-refractivity contribution in [3.8, 4) is 11.5 Å². The van der Waals surface area contributed by atoms with Crippen LogP contribution in [0.5, 0.6) is 11.5 Å². The van der Waals surface area contributed by atoms with E-state index in [0.29, 0.717) is 31.4 Å². The fourth-order valence-corrected chi connectivity index (χ4v) is 2.13. The van der Waals surface area contributed by atoms with Gasteiger partial charge < -0.3 is 19.7 Å². The van der Waals surface area contributed by atoms with Gasteiger partial charge in [-0.25, -0.2) is 0 Å². The number of rotatable bonds is 8. The molecule has 2 N–H and O–H groups in total. The highest BCUT2D eigenvalue weighted by Crippen LogP contribution is 2.27. The van der Waals surface area contributed by atoms with Crippen LogP contribution in [0.15, 0.2) is 18.2 Å². The number of carbonyl (C=O) groups excluding carboxylic acids is 1. The van der Waals surface area contributed by atoms with E-state index in [9.17, 15) is 15.0 Å². The van der Waals surface area contributed by atoms with Gasteiger partial charge in [0.25, 0.3) is 0 Å². The van der Waals surface area contributed by atoms with Crippen LogP contribution in [0.25, 0.3) is 0 Å². The molecule has 0 radical (unpaired) electrons. The predicted octanol–water partition coefficient (Wildman–Crippen LogP) is 2.43. The maximum Gasteiger partial charge on any atom is 0.302 e. The maximum atomic E-state index is 11.1. The van der Waals surface area contributed by atoms with Gasteiger partial charge in [0.15, 0.2) is 11.5 Å². The molecule has 0 amide bonds. The topological polar surface area (TPSA) is 76.0 Å². The highest BCUT2D eigenvalue weighted by molar-refractivity contribution is 5.66. The molecule has 0 aliphatic heterocycles. The zero-order valence-electron chi connectivity index (χ0n) is 12.8.